The number of hydrogen-bond donors (Lipinski definition) is 0. The molecule has 0 aromatic heterocycles. The number of Topliss-reactive ketones (excluding diaryl/α,β-unsaturated/α-hetero) is 2. The van der Waals surface area contributed by atoms with Crippen LogP contribution in [0.15, 0.2) is 42.5 Å². The van der Waals surface area contributed by atoms with Crippen LogP contribution in [-0.4, -0.2) is 46.4 Å². The van der Waals surface area contributed by atoms with Crippen molar-refractivity contribution >= 4 is 29.1 Å². The summed E-state index contributed by atoms with van der Waals surface area (Å²) in [5.41, 5.74) is 1.38. The highest BCUT2D eigenvalue weighted by Gasteiger charge is 2.76. The number of anilines is 1. The van der Waals surface area contributed by atoms with Crippen LogP contribution >= 0.6 is 0 Å². The van der Waals surface area contributed by atoms with Gasteiger partial charge in [0, 0.05) is 17.2 Å². The van der Waals surface area contributed by atoms with E-state index in [4.69, 9.17) is 0 Å². The molecule has 2 aromatic rings. The minimum atomic E-state index is -1.59. The minimum absolute atomic E-state index is 0.266. The summed E-state index contributed by atoms with van der Waals surface area (Å²) in [4.78, 5) is 58.4. The number of para-hydroxylation sites is 1. The standard InChI is InChI=1S/C25H22N2O4/c1-13-7-5-8-14(2)20(13)27-23(30)18-17-11-6-12-26(17)25(19(18)24(27)31)21(28)15-9-3-4-10-16(15)22(25)29/h3-5,7-10,17-19H,6,11-12H2,1-2H3/t17-,18-,19+/m1/s1. The normalized spacial score (nSPS) is 28.6. The van der Waals surface area contributed by atoms with Gasteiger partial charge in [0.1, 0.15) is 0 Å². The Morgan fingerprint density at radius 3 is 2.06 bits per heavy atom. The number of benzene rings is 2. The van der Waals surface area contributed by atoms with Gasteiger partial charge in [-0.1, -0.05) is 42.5 Å². The van der Waals surface area contributed by atoms with Crippen LogP contribution in [0.2, 0.25) is 0 Å². The number of ketones is 2. The van der Waals surface area contributed by atoms with Crippen LogP contribution < -0.4 is 4.90 Å². The Hall–Kier alpha value is -3.12. The van der Waals surface area contributed by atoms with Crippen molar-refractivity contribution < 1.29 is 19.2 Å². The summed E-state index contributed by atoms with van der Waals surface area (Å²) in [6.45, 7) is 4.29. The molecule has 3 heterocycles. The van der Waals surface area contributed by atoms with Crippen molar-refractivity contribution in [3.05, 3.63) is 64.7 Å². The lowest BCUT2D eigenvalue weighted by atomic mass is 9.76. The quantitative estimate of drug-likeness (QED) is 0.530. The van der Waals surface area contributed by atoms with Gasteiger partial charge in [-0.05, 0) is 44.4 Å². The molecule has 0 saturated carbocycles. The first-order valence-corrected chi connectivity index (χ1v) is 10.8. The Morgan fingerprint density at radius 2 is 1.45 bits per heavy atom. The average Bonchev–Trinajstić information content (AvgIpc) is 3.44. The Kier molecular flexibility index (Phi) is 3.59. The van der Waals surface area contributed by atoms with Crippen LogP contribution in [0.5, 0.6) is 0 Å². The van der Waals surface area contributed by atoms with Crippen molar-refractivity contribution in [1.82, 2.24) is 4.90 Å². The molecule has 6 rings (SSSR count). The molecule has 0 radical (unpaired) electrons. The van der Waals surface area contributed by atoms with Crippen LogP contribution in [0.1, 0.15) is 44.7 Å². The second-order valence-corrected chi connectivity index (χ2v) is 9.13. The smallest absolute Gasteiger partial charge is 0.240 e. The number of carbonyl (C=O) groups is 4. The summed E-state index contributed by atoms with van der Waals surface area (Å²) in [7, 11) is 0. The third kappa shape index (κ3) is 1.97. The predicted octanol–water partition coefficient (Wildman–Crippen LogP) is 2.71. The first-order valence-electron chi connectivity index (χ1n) is 10.8. The van der Waals surface area contributed by atoms with Crippen molar-refractivity contribution in [3.63, 3.8) is 0 Å². The molecule has 6 heteroatoms. The van der Waals surface area contributed by atoms with Gasteiger partial charge in [0.25, 0.3) is 0 Å². The molecule has 1 aliphatic carbocycles. The lowest BCUT2D eigenvalue weighted by Crippen LogP contribution is -2.59. The summed E-state index contributed by atoms with van der Waals surface area (Å²) in [6.07, 6.45) is 1.51. The first-order chi connectivity index (χ1) is 14.9. The number of carbonyl (C=O) groups excluding carboxylic acids is 4. The monoisotopic (exact) mass is 414 g/mol. The van der Waals surface area contributed by atoms with E-state index < -0.39 is 23.3 Å². The van der Waals surface area contributed by atoms with Gasteiger partial charge in [-0.25, -0.2) is 4.90 Å². The van der Waals surface area contributed by atoms with Gasteiger partial charge in [0.2, 0.25) is 11.8 Å². The summed E-state index contributed by atoms with van der Waals surface area (Å²) >= 11 is 0. The lowest BCUT2D eigenvalue weighted by Gasteiger charge is -2.35. The lowest BCUT2D eigenvalue weighted by molar-refractivity contribution is -0.124. The van der Waals surface area contributed by atoms with E-state index in [0.717, 1.165) is 17.5 Å². The van der Waals surface area contributed by atoms with Crippen LogP contribution in [-0.2, 0) is 9.59 Å². The number of hydrogen-bond acceptors (Lipinski definition) is 5. The molecule has 0 bridgehead atoms. The average molecular weight is 414 g/mol. The van der Waals surface area contributed by atoms with Gasteiger partial charge >= 0.3 is 0 Å². The van der Waals surface area contributed by atoms with Crippen molar-refractivity contribution in [2.24, 2.45) is 11.8 Å². The second-order valence-electron chi connectivity index (χ2n) is 9.13. The molecule has 6 nitrogen and oxygen atoms in total. The van der Waals surface area contributed by atoms with E-state index in [1.54, 1.807) is 24.3 Å². The molecule has 4 aliphatic rings. The topological polar surface area (TPSA) is 74.8 Å². The molecular weight excluding hydrogens is 392 g/mol. The van der Waals surface area contributed by atoms with E-state index in [9.17, 15) is 19.2 Å². The highest BCUT2D eigenvalue weighted by Crippen LogP contribution is 2.57. The summed E-state index contributed by atoms with van der Waals surface area (Å²) in [6, 6.07) is 12.2. The number of rotatable bonds is 1. The fourth-order valence-electron chi connectivity index (χ4n) is 6.62. The van der Waals surface area contributed by atoms with Gasteiger partial charge in [-0.3, -0.25) is 24.1 Å². The summed E-state index contributed by atoms with van der Waals surface area (Å²) in [5, 5.41) is 0. The number of nitrogens with zero attached hydrogens (tertiary/aromatic N) is 2. The summed E-state index contributed by atoms with van der Waals surface area (Å²) in [5.74, 6) is -2.99. The third-order valence-electron chi connectivity index (χ3n) is 7.74. The first kappa shape index (κ1) is 18.6. The number of amides is 2. The number of aryl methyl sites for hydroxylation is 2. The second kappa shape index (κ2) is 5.98. The van der Waals surface area contributed by atoms with Crippen LogP contribution in [0.25, 0.3) is 0 Å². The van der Waals surface area contributed by atoms with E-state index in [1.165, 1.54) is 4.90 Å². The molecule has 0 unspecified atom stereocenters. The van der Waals surface area contributed by atoms with E-state index in [-0.39, 0.29) is 23.5 Å². The predicted molar refractivity (Wildman–Crippen MR) is 113 cm³/mol. The minimum Gasteiger partial charge on any atom is -0.291 e. The molecule has 1 spiro atoms. The van der Waals surface area contributed by atoms with Crippen molar-refractivity contribution in [3.8, 4) is 0 Å². The van der Waals surface area contributed by atoms with Crippen LogP contribution in [0.3, 0.4) is 0 Å². The highest BCUT2D eigenvalue weighted by atomic mass is 16.2. The maximum Gasteiger partial charge on any atom is 0.240 e. The zero-order valence-electron chi connectivity index (χ0n) is 17.4. The Morgan fingerprint density at radius 1 is 0.839 bits per heavy atom. The van der Waals surface area contributed by atoms with Crippen LogP contribution in [0, 0.1) is 25.7 Å². The zero-order chi connectivity index (χ0) is 21.7. The van der Waals surface area contributed by atoms with Crippen molar-refractivity contribution in [2.75, 3.05) is 11.4 Å². The van der Waals surface area contributed by atoms with E-state index >= 15 is 0 Å². The number of imide groups is 1. The molecule has 156 valence electrons. The Bertz CT molecular complexity index is 1160. The Labute approximate surface area is 179 Å². The highest BCUT2D eigenvalue weighted by molar-refractivity contribution is 6.38. The van der Waals surface area contributed by atoms with E-state index in [2.05, 4.69) is 0 Å². The SMILES string of the molecule is Cc1cccc(C)c1N1C(=O)[C@@H]2[C@H]3CCCN3C3(C(=O)c4ccccc4C3=O)[C@@H]2C1=O. The molecular formula is C25H22N2O4. The molecule has 2 amide bonds. The van der Waals surface area contributed by atoms with Crippen LogP contribution in [0.4, 0.5) is 5.69 Å². The zero-order valence-corrected chi connectivity index (χ0v) is 17.4. The largest absolute Gasteiger partial charge is 0.291 e. The fraction of sp³-hybridized carbons (Fsp3) is 0.360. The maximum absolute atomic E-state index is 13.9. The molecule has 3 fully saturated rings. The molecule has 0 N–H and O–H groups in total. The molecule has 3 atom stereocenters. The van der Waals surface area contributed by atoms with Crippen molar-refractivity contribution in [1.29, 1.82) is 0 Å². The van der Waals surface area contributed by atoms with Gasteiger partial charge in [-0.15, -0.1) is 0 Å². The maximum atomic E-state index is 13.9. The van der Waals surface area contributed by atoms with E-state index in [1.807, 2.05) is 36.9 Å². The third-order valence-corrected chi connectivity index (χ3v) is 7.74. The fourth-order valence-corrected chi connectivity index (χ4v) is 6.62. The number of fused-ring (bicyclic) bond motifs is 6. The van der Waals surface area contributed by atoms with Gasteiger partial charge in [0.15, 0.2) is 17.1 Å². The molecule has 31 heavy (non-hydrogen) atoms. The Balaban J connectivity index is 1.57. The molecule has 3 saturated heterocycles. The van der Waals surface area contributed by atoms with Crippen molar-refractivity contribution in [2.45, 2.75) is 38.3 Å². The molecule has 3 aliphatic heterocycles. The molecule has 2 aromatic carbocycles. The van der Waals surface area contributed by atoms with E-state index in [0.29, 0.717) is 29.8 Å². The van der Waals surface area contributed by atoms with Gasteiger partial charge in [0.05, 0.1) is 17.5 Å². The van der Waals surface area contributed by atoms with Gasteiger partial charge < -0.3 is 0 Å². The summed E-state index contributed by atoms with van der Waals surface area (Å²) < 4.78 is 0. The van der Waals surface area contributed by atoms with Gasteiger partial charge in [-0.2, -0.15) is 0 Å².